The topological polar surface area (TPSA) is 21.3 Å². The van der Waals surface area contributed by atoms with Crippen LogP contribution in [0, 0.1) is 0 Å². The Morgan fingerprint density at radius 3 is 2.75 bits per heavy atom. The molecule has 72 valence electrons. The summed E-state index contributed by atoms with van der Waals surface area (Å²) in [5.41, 5.74) is 0. The number of alkyl halides is 1. The van der Waals surface area contributed by atoms with Crippen molar-refractivity contribution in [3.05, 3.63) is 0 Å². The number of rotatable bonds is 5. The molecule has 0 heterocycles. The number of hydrogen-bond donors (Lipinski definition) is 1. The second-order valence-corrected chi connectivity index (χ2v) is 4.23. The smallest absolute Gasteiger partial charge is 0.0476 e. The van der Waals surface area contributed by atoms with Crippen LogP contribution in [0.25, 0.3) is 0 Å². The van der Waals surface area contributed by atoms with E-state index in [2.05, 4.69) is 12.2 Å². The molecule has 0 radical (unpaired) electrons. The first-order valence-corrected chi connectivity index (χ1v) is 5.05. The van der Waals surface area contributed by atoms with Crippen molar-refractivity contribution in [1.82, 2.24) is 5.32 Å². The number of methoxy groups -OCH3 is 1. The van der Waals surface area contributed by atoms with Gasteiger partial charge >= 0.3 is 0 Å². The fraction of sp³-hybridized carbons (Fsp3) is 1.00. The Morgan fingerprint density at radius 2 is 2.25 bits per heavy atom. The lowest BCUT2D eigenvalue weighted by Crippen LogP contribution is -2.46. The Labute approximate surface area is 79.6 Å². The van der Waals surface area contributed by atoms with Gasteiger partial charge in [0.25, 0.3) is 0 Å². The Balaban J connectivity index is 1.98. The van der Waals surface area contributed by atoms with Crippen LogP contribution in [-0.4, -0.2) is 31.2 Å². The highest BCUT2D eigenvalue weighted by molar-refractivity contribution is 6.21. The second-order valence-electron chi connectivity index (χ2n) is 3.61. The van der Waals surface area contributed by atoms with Crippen molar-refractivity contribution in [3.8, 4) is 0 Å². The van der Waals surface area contributed by atoms with Crippen LogP contribution in [0.5, 0.6) is 0 Å². The van der Waals surface area contributed by atoms with E-state index in [-0.39, 0.29) is 0 Å². The molecule has 12 heavy (non-hydrogen) atoms. The summed E-state index contributed by atoms with van der Waals surface area (Å²) < 4.78 is 5.00. The minimum absolute atomic E-state index is 0.414. The molecule has 0 amide bonds. The molecule has 1 atom stereocenters. The maximum absolute atomic E-state index is 5.87. The van der Waals surface area contributed by atoms with Crippen LogP contribution in [0.15, 0.2) is 0 Å². The molecule has 3 heteroatoms. The molecule has 1 fully saturated rings. The zero-order chi connectivity index (χ0) is 8.97. The maximum Gasteiger partial charge on any atom is 0.0476 e. The minimum atomic E-state index is 0.414. The van der Waals surface area contributed by atoms with E-state index in [0.717, 1.165) is 25.9 Å². The van der Waals surface area contributed by atoms with Gasteiger partial charge in [-0.2, -0.15) is 0 Å². The summed E-state index contributed by atoms with van der Waals surface area (Å²) in [6.45, 7) is 3.03. The fourth-order valence-corrected chi connectivity index (χ4v) is 1.89. The van der Waals surface area contributed by atoms with Gasteiger partial charge in [-0.3, -0.25) is 0 Å². The largest absolute Gasteiger partial charge is 0.385 e. The van der Waals surface area contributed by atoms with Gasteiger partial charge in [0, 0.05) is 31.2 Å². The van der Waals surface area contributed by atoms with Crippen molar-refractivity contribution >= 4 is 11.6 Å². The first kappa shape index (κ1) is 10.3. The maximum atomic E-state index is 5.87. The van der Waals surface area contributed by atoms with E-state index in [4.69, 9.17) is 16.3 Å². The first-order chi connectivity index (χ1) is 5.72. The van der Waals surface area contributed by atoms with Gasteiger partial charge in [-0.05, 0) is 26.2 Å². The zero-order valence-electron chi connectivity index (χ0n) is 7.85. The predicted octanol–water partition coefficient (Wildman–Crippen LogP) is 1.77. The summed E-state index contributed by atoms with van der Waals surface area (Å²) in [6.07, 6.45) is 3.33. The molecular weight excluding hydrogens is 174 g/mol. The lowest BCUT2D eigenvalue weighted by molar-refractivity contribution is 0.178. The molecule has 0 aromatic heterocycles. The average Bonchev–Trinajstić information content (AvgIpc) is 1.98. The molecule has 0 aliphatic heterocycles. The van der Waals surface area contributed by atoms with Crippen molar-refractivity contribution in [1.29, 1.82) is 0 Å². The van der Waals surface area contributed by atoms with Gasteiger partial charge in [-0.15, -0.1) is 11.6 Å². The summed E-state index contributed by atoms with van der Waals surface area (Å²) >= 11 is 5.87. The lowest BCUT2D eigenvalue weighted by Gasteiger charge is -2.34. The Kier molecular flexibility index (Phi) is 4.33. The number of halogens is 1. The monoisotopic (exact) mass is 191 g/mol. The van der Waals surface area contributed by atoms with E-state index < -0.39 is 0 Å². The van der Waals surface area contributed by atoms with Crippen LogP contribution in [0.2, 0.25) is 0 Å². The molecule has 1 unspecified atom stereocenters. The van der Waals surface area contributed by atoms with Crippen LogP contribution >= 0.6 is 11.6 Å². The second kappa shape index (κ2) is 5.05. The SMILES string of the molecule is COCCC(C)NC1CC(Cl)C1. The van der Waals surface area contributed by atoms with E-state index >= 15 is 0 Å². The first-order valence-electron chi connectivity index (χ1n) is 4.61. The number of ether oxygens (including phenoxy) is 1. The van der Waals surface area contributed by atoms with Crippen molar-refractivity contribution in [2.75, 3.05) is 13.7 Å². The third-order valence-corrected chi connectivity index (χ3v) is 2.71. The number of nitrogens with one attached hydrogen (secondary N) is 1. The Bertz CT molecular complexity index is 126. The minimum Gasteiger partial charge on any atom is -0.385 e. The Morgan fingerprint density at radius 1 is 1.58 bits per heavy atom. The van der Waals surface area contributed by atoms with Gasteiger partial charge in [-0.1, -0.05) is 0 Å². The molecule has 1 N–H and O–H groups in total. The van der Waals surface area contributed by atoms with Crippen LogP contribution in [0.3, 0.4) is 0 Å². The van der Waals surface area contributed by atoms with Crippen molar-refractivity contribution in [2.45, 2.75) is 43.6 Å². The predicted molar refractivity (Wildman–Crippen MR) is 51.8 cm³/mol. The molecule has 1 rings (SSSR count). The average molecular weight is 192 g/mol. The van der Waals surface area contributed by atoms with E-state index in [1.807, 2.05) is 0 Å². The molecule has 0 aromatic carbocycles. The normalized spacial score (nSPS) is 31.2. The summed E-state index contributed by atoms with van der Waals surface area (Å²) in [5.74, 6) is 0. The quantitative estimate of drug-likeness (QED) is 0.669. The molecular formula is C9H18ClNO. The lowest BCUT2D eigenvalue weighted by atomic mass is 9.91. The van der Waals surface area contributed by atoms with Gasteiger partial charge in [0.05, 0.1) is 0 Å². The van der Waals surface area contributed by atoms with Gasteiger partial charge in [0.2, 0.25) is 0 Å². The highest BCUT2D eigenvalue weighted by Crippen LogP contribution is 2.25. The summed E-state index contributed by atoms with van der Waals surface area (Å²) in [4.78, 5) is 0. The third-order valence-electron chi connectivity index (χ3n) is 2.36. The van der Waals surface area contributed by atoms with Gasteiger partial charge in [0.15, 0.2) is 0 Å². The standard InChI is InChI=1S/C9H18ClNO/c1-7(3-4-12-2)11-9-5-8(10)6-9/h7-9,11H,3-6H2,1-2H3. The summed E-state index contributed by atoms with van der Waals surface area (Å²) in [5, 5.41) is 3.93. The van der Waals surface area contributed by atoms with E-state index in [1.165, 1.54) is 0 Å². The third kappa shape index (κ3) is 3.30. The molecule has 2 nitrogen and oxygen atoms in total. The van der Waals surface area contributed by atoms with Crippen LogP contribution in [0.1, 0.15) is 26.2 Å². The molecule has 1 aliphatic rings. The molecule has 0 saturated heterocycles. The van der Waals surface area contributed by atoms with Crippen molar-refractivity contribution in [2.24, 2.45) is 0 Å². The fourth-order valence-electron chi connectivity index (χ4n) is 1.46. The Hall–Kier alpha value is 0.210. The van der Waals surface area contributed by atoms with Gasteiger partial charge in [0.1, 0.15) is 0 Å². The summed E-state index contributed by atoms with van der Waals surface area (Å²) in [6, 6.07) is 1.21. The van der Waals surface area contributed by atoms with E-state index in [1.54, 1.807) is 7.11 Å². The molecule has 1 saturated carbocycles. The highest BCUT2D eigenvalue weighted by Gasteiger charge is 2.27. The zero-order valence-corrected chi connectivity index (χ0v) is 8.60. The van der Waals surface area contributed by atoms with Crippen LogP contribution < -0.4 is 5.32 Å². The molecule has 0 bridgehead atoms. The van der Waals surface area contributed by atoms with Gasteiger partial charge in [-0.25, -0.2) is 0 Å². The highest BCUT2D eigenvalue weighted by atomic mass is 35.5. The number of hydrogen-bond acceptors (Lipinski definition) is 2. The van der Waals surface area contributed by atoms with E-state index in [9.17, 15) is 0 Å². The van der Waals surface area contributed by atoms with Crippen LogP contribution in [0.4, 0.5) is 0 Å². The summed E-state index contributed by atoms with van der Waals surface area (Å²) in [7, 11) is 1.74. The van der Waals surface area contributed by atoms with Crippen LogP contribution in [-0.2, 0) is 4.74 Å². The van der Waals surface area contributed by atoms with Gasteiger partial charge < -0.3 is 10.1 Å². The van der Waals surface area contributed by atoms with Crippen molar-refractivity contribution < 1.29 is 4.74 Å². The van der Waals surface area contributed by atoms with Crippen molar-refractivity contribution in [3.63, 3.8) is 0 Å². The van der Waals surface area contributed by atoms with E-state index in [0.29, 0.717) is 17.5 Å². The molecule has 0 aromatic rings. The molecule has 0 spiro atoms. The molecule has 1 aliphatic carbocycles.